The van der Waals surface area contributed by atoms with Crippen LogP contribution in [0.1, 0.15) is 54.8 Å². The Labute approximate surface area is 215 Å². The van der Waals surface area contributed by atoms with E-state index in [-0.39, 0.29) is 23.7 Å². The van der Waals surface area contributed by atoms with Crippen LogP contribution in [0.4, 0.5) is 24.8 Å². The molecule has 2 aliphatic rings. The SMILES string of the molecule is Cc1cc(Nc2nccc(C(F)(F)F)n2)cc(-c2cnc([C@@](O)(C3CC3)[C@H]3CC[C@H](C(=O)O)CC3)s2)c1. The summed E-state index contributed by atoms with van der Waals surface area (Å²) in [6, 6.07) is 6.35. The van der Waals surface area contributed by atoms with Crippen molar-refractivity contribution in [3.05, 3.63) is 52.9 Å². The highest BCUT2D eigenvalue weighted by atomic mass is 32.1. The first-order chi connectivity index (χ1) is 17.5. The van der Waals surface area contributed by atoms with Crippen LogP contribution in [-0.4, -0.2) is 31.1 Å². The summed E-state index contributed by atoms with van der Waals surface area (Å²) in [6.07, 6.45) is 2.45. The van der Waals surface area contributed by atoms with E-state index in [1.54, 1.807) is 18.3 Å². The highest BCUT2D eigenvalue weighted by Gasteiger charge is 2.53. The van der Waals surface area contributed by atoms with Crippen LogP contribution in [-0.2, 0) is 16.6 Å². The minimum absolute atomic E-state index is 0.0394. The molecule has 2 aliphatic carbocycles. The molecule has 1 atom stereocenters. The summed E-state index contributed by atoms with van der Waals surface area (Å²) < 4.78 is 39.1. The predicted molar refractivity (Wildman–Crippen MR) is 132 cm³/mol. The van der Waals surface area contributed by atoms with Gasteiger partial charge in [-0.05, 0) is 86.6 Å². The Kier molecular flexibility index (Phi) is 6.70. The van der Waals surface area contributed by atoms with E-state index in [0.717, 1.165) is 41.1 Å². The van der Waals surface area contributed by atoms with Crippen molar-refractivity contribution in [2.75, 3.05) is 5.32 Å². The van der Waals surface area contributed by atoms with Crippen LogP contribution in [0.2, 0.25) is 0 Å². The number of thiazole rings is 1. The van der Waals surface area contributed by atoms with Crippen molar-refractivity contribution in [3.8, 4) is 10.4 Å². The summed E-state index contributed by atoms with van der Waals surface area (Å²) >= 11 is 1.41. The monoisotopic (exact) mass is 532 g/mol. The number of nitrogens with one attached hydrogen (secondary N) is 1. The highest BCUT2D eigenvalue weighted by Crippen LogP contribution is 2.55. The molecule has 2 fully saturated rings. The average Bonchev–Trinajstić information content (AvgIpc) is 3.59. The van der Waals surface area contributed by atoms with Crippen molar-refractivity contribution in [1.82, 2.24) is 15.0 Å². The summed E-state index contributed by atoms with van der Waals surface area (Å²) in [5, 5.41) is 24.8. The van der Waals surface area contributed by atoms with Crippen LogP contribution >= 0.6 is 11.3 Å². The number of aliphatic hydroxyl groups is 1. The maximum absolute atomic E-state index is 13.0. The molecule has 0 unspecified atom stereocenters. The number of alkyl halides is 3. The van der Waals surface area contributed by atoms with Gasteiger partial charge in [-0.1, -0.05) is 6.07 Å². The smallest absolute Gasteiger partial charge is 0.433 e. The number of hydrogen-bond donors (Lipinski definition) is 3. The molecular formula is C26H27F3N4O3S. The first-order valence-corrected chi connectivity index (χ1v) is 13.1. The van der Waals surface area contributed by atoms with Gasteiger partial charge in [0.05, 0.1) is 10.8 Å². The van der Waals surface area contributed by atoms with Gasteiger partial charge in [0.2, 0.25) is 5.95 Å². The van der Waals surface area contributed by atoms with E-state index in [1.807, 2.05) is 13.0 Å². The van der Waals surface area contributed by atoms with E-state index < -0.39 is 23.4 Å². The molecule has 2 aromatic heterocycles. The van der Waals surface area contributed by atoms with Crippen LogP contribution in [0, 0.1) is 24.7 Å². The predicted octanol–water partition coefficient (Wildman–Crippen LogP) is 6.16. The van der Waals surface area contributed by atoms with Crippen molar-refractivity contribution in [2.24, 2.45) is 17.8 Å². The third kappa shape index (κ3) is 5.33. The van der Waals surface area contributed by atoms with Gasteiger partial charge >= 0.3 is 12.1 Å². The summed E-state index contributed by atoms with van der Waals surface area (Å²) in [4.78, 5) is 24.3. The summed E-state index contributed by atoms with van der Waals surface area (Å²) in [5.41, 5.74) is 0.121. The van der Waals surface area contributed by atoms with Crippen LogP contribution < -0.4 is 5.32 Å². The fraction of sp³-hybridized carbons (Fsp3) is 0.462. The molecule has 0 amide bonds. The second-order valence-corrected chi connectivity index (χ2v) is 11.0. The fourth-order valence-electron chi connectivity index (χ4n) is 5.28. The average molecular weight is 533 g/mol. The molecule has 0 saturated heterocycles. The van der Waals surface area contributed by atoms with E-state index in [2.05, 4.69) is 20.3 Å². The molecule has 2 saturated carbocycles. The zero-order valence-electron chi connectivity index (χ0n) is 20.1. The zero-order valence-corrected chi connectivity index (χ0v) is 20.9. The van der Waals surface area contributed by atoms with Crippen molar-refractivity contribution >= 4 is 28.9 Å². The molecule has 3 aromatic rings. The second-order valence-electron chi connectivity index (χ2n) is 9.99. The number of aliphatic carboxylic acids is 1. The number of carbonyl (C=O) groups is 1. The number of halogens is 3. The summed E-state index contributed by atoms with van der Waals surface area (Å²) in [7, 11) is 0. The Hall–Kier alpha value is -3.05. The summed E-state index contributed by atoms with van der Waals surface area (Å²) in [6.45, 7) is 1.88. The minimum atomic E-state index is -4.57. The summed E-state index contributed by atoms with van der Waals surface area (Å²) in [5.74, 6) is -1.21. The van der Waals surface area contributed by atoms with Gasteiger partial charge in [-0.25, -0.2) is 15.0 Å². The number of anilines is 2. The van der Waals surface area contributed by atoms with Gasteiger partial charge in [0.15, 0.2) is 0 Å². The Morgan fingerprint density at radius 1 is 1.05 bits per heavy atom. The topological polar surface area (TPSA) is 108 Å². The molecule has 0 bridgehead atoms. The van der Waals surface area contributed by atoms with Crippen LogP contribution in [0.5, 0.6) is 0 Å². The van der Waals surface area contributed by atoms with E-state index in [1.165, 1.54) is 11.3 Å². The first kappa shape index (κ1) is 25.6. The minimum Gasteiger partial charge on any atom is -0.481 e. The van der Waals surface area contributed by atoms with Gasteiger partial charge in [0.1, 0.15) is 16.3 Å². The molecule has 7 nitrogen and oxygen atoms in total. The van der Waals surface area contributed by atoms with Gasteiger partial charge < -0.3 is 15.5 Å². The standard InChI is InChI=1S/C26H27F3N4O3S/c1-14-10-16(12-19(11-14)32-24-30-9-8-21(33-24)26(27,28)29)20-13-31-23(37-20)25(36,18-6-7-18)17-4-2-15(3-5-17)22(34)35/h8-13,15,17-18,36H,2-7H2,1H3,(H,34,35)(H,30,32,33)/t15-,17-,25-/m0/s1. The molecule has 3 N–H and O–H groups in total. The molecule has 196 valence electrons. The number of aryl methyl sites for hydroxylation is 1. The van der Waals surface area contributed by atoms with Gasteiger partial charge in [-0.2, -0.15) is 13.2 Å². The number of aromatic nitrogens is 3. The van der Waals surface area contributed by atoms with E-state index >= 15 is 0 Å². The maximum atomic E-state index is 13.0. The zero-order chi connectivity index (χ0) is 26.4. The van der Waals surface area contributed by atoms with E-state index in [4.69, 9.17) is 0 Å². The van der Waals surface area contributed by atoms with Crippen molar-refractivity contribution in [1.29, 1.82) is 0 Å². The molecule has 37 heavy (non-hydrogen) atoms. The maximum Gasteiger partial charge on any atom is 0.433 e. The van der Waals surface area contributed by atoms with Gasteiger partial charge in [-0.15, -0.1) is 11.3 Å². The quantitative estimate of drug-likeness (QED) is 0.334. The molecule has 5 rings (SSSR count). The Morgan fingerprint density at radius 3 is 2.35 bits per heavy atom. The number of benzene rings is 1. The lowest BCUT2D eigenvalue weighted by Gasteiger charge is -2.38. The lowest BCUT2D eigenvalue weighted by atomic mass is 9.71. The normalized spacial score (nSPS) is 21.9. The Balaban J connectivity index is 1.39. The number of carboxylic acids is 1. The second kappa shape index (κ2) is 9.68. The molecule has 2 heterocycles. The number of nitrogens with zero attached hydrogens (tertiary/aromatic N) is 3. The van der Waals surface area contributed by atoms with Crippen LogP contribution in [0.25, 0.3) is 10.4 Å². The fourth-order valence-corrected chi connectivity index (χ4v) is 6.43. The van der Waals surface area contributed by atoms with Crippen molar-refractivity contribution in [2.45, 2.75) is 57.2 Å². The van der Waals surface area contributed by atoms with Crippen molar-refractivity contribution in [3.63, 3.8) is 0 Å². The molecule has 0 aliphatic heterocycles. The van der Waals surface area contributed by atoms with E-state index in [9.17, 15) is 28.2 Å². The lowest BCUT2D eigenvalue weighted by Crippen LogP contribution is -2.40. The van der Waals surface area contributed by atoms with Crippen LogP contribution in [0.15, 0.2) is 36.7 Å². The van der Waals surface area contributed by atoms with Gasteiger partial charge in [0.25, 0.3) is 0 Å². The molecular weight excluding hydrogens is 505 g/mol. The highest BCUT2D eigenvalue weighted by molar-refractivity contribution is 7.15. The molecule has 0 radical (unpaired) electrons. The van der Waals surface area contributed by atoms with E-state index in [0.29, 0.717) is 36.4 Å². The molecule has 11 heteroatoms. The Morgan fingerprint density at radius 2 is 1.73 bits per heavy atom. The van der Waals surface area contributed by atoms with Gasteiger partial charge in [-0.3, -0.25) is 4.79 Å². The molecule has 1 aromatic carbocycles. The largest absolute Gasteiger partial charge is 0.481 e. The first-order valence-electron chi connectivity index (χ1n) is 12.2. The Bertz CT molecular complexity index is 1300. The lowest BCUT2D eigenvalue weighted by molar-refractivity contribution is -0.145. The third-order valence-corrected chi connectivity index (χ3v) is 8.50. The van der Waals surface area contributed by atoms with Crippen molar-refractivity contribution < 1.29 is 28.2 Å². The number of rotatable bonds is 7. The number of carboxylic acid groups (broad SMARTS) is 1. The molecule has 0 spiro atoms. The van der Waals surface area contributed by atoms with Gasteiger partial charge in [0, 0.05) is 18.1 Å². The van der Waals surface area contributed by atoms with Crippen LogP contribution in [0.3, 0.4) is 0 Å². The number of hydrogen-bond acceptors (Lipinski definition) is 7. The third-order valence-electron chi connectivity index (χ3n) is 7.31.